The lowest BCUT2D eigenvalue weighted by Gasteiger charge is -2.18. The van der Waals surface area contributed by atoms with Crippen LogP contribution in [0.5, 0.6) is 0 Å². The fourth-order valence-electron chi connectivity index (χ4n) is 2.43. The Morgan fingerprint density at radius 1 is 0.688 bits per heavy atom. The summed E-state index contributed by atoms with van der Waals surface area (Å²) in [4.78, 5) is 0. The summed E-state index contributed by atoms with van der Waals surface area (Å²) < 4.78 is 0. The molecule has 16 heavy (non-hydrogen) atoms. The topological polar surface area (TPSA) is 0 Å². The van der Waals surface area contributed by atoms with Crippen LogP contribution in [-0.2, 0) is 0 Å². The van der Waals surface area contributed by atoms with Gasteiger partial charge in [0.2, 0.25) is 0 Å². The first-order chi connectivity index (χ1) is 7.60. The van der Waals surface area contributed by atoms with Crippen LogP contribution in [0.25, 0.3) is 0 Å². The molecule has 0 heteroatoms. The summed E-state index contributed by atoms with van der Waals surface area (Å²) in [6.07, 6.45) is 11.3. The average molecular weight is 226 g/mol. The van der Waals surface area contributed by atoms with Gasteiger partial charge < -0.3 is 0 Å². The summed E-state index contributed by atoms with van der Waals surface area (Å²) in [5, 5.41) is 0. The molecule has 0 radical (unpaired) electrons. The molecule has 3 unspecified atom stereocenters. The Hall–Kier alpha value is 0. The minimum absolute atomic E-state index is 0.922. The van der Waals surface area contributed by atoms with Crippen LogP contribution in [0.1, 0.15) is 86.0 Å². The Morgan fingerprint density at radius 3 is 1.88 bits per heavy atom. The van der Waals surface area contributed by atoms with E-state index in [1.807, 2.05) is 0 Å². The molecule has 0 saturated carbocycles. The number of unbranched alkanes of at least 4 members (excludes halogenated alkanes) is 2. The SMILES string of the molecule is CCCCCC(C)CCC(C)CC(C)CC. The molecule has 0 aliphatic rings. The normalized spacial score (nSPS) is 17.1. The van der Waals surface area contributed by atoms with Crippen molar-refractivity contribution in [3.63, 3.8) is 0 Å². The summed E-state index contributed by atoms with van der Waals surface area (Å²) in [5.74, 6) is 2.81. The van der Waals surface area contributed by atoms with E-state index in [1.54, 1.807) is 0 Å². The molecule has 0 saturated heterocycles. The zero-order chi connectivity index (χ0) is 12.4. The maximum Gasteiger partial charge on any atom is -0.0440 e. The standard InChI is InChI=1S/C16H34/c1-6-8-9-10-15(4)11-12-16(5)13-14(3)7-2/h14-16H,6-13H2,1-5H3. The summed E-state index contributed by atoms with van der Waals surface area (Å²) >= 11 is 0. The smallest absolute Gasteiger partial charge is 0.0440 e. The number of hydrogen-bond donors (Lipinski definition) is 0. The molecule has 0 aliphatic carbocycles. The maximum atomic E-state index is 2.44. The van der Waals surface area contributed by atoms with Gasteiger partial charge in [-0.1, -0.05) is 79.6 Å². The third-order valence-corrected chi connectivity index (χ3v) is 3.95. The highest BCUT2D eigenvalue weighted by Crippen LogP contribution is 2.23. The minimum Gasteiger partial charge on any atom is -0.0654 e. The number of rotatable bonds is 10. The van der Waals surface area contributed by atoms with Crippen molar-refractivity contribution in [3.8, 4) is 0 Å². The summed E-state index contributed by atoms with van der Waals surface area (Å²) in [6.45, 7) is 11.9. The molecule has 0 aliphatic heterocycles. The lowest BCUT2D eigenvalue weighted by atomic mass is 9.88. The molecule has 0 spiro atoms. The van der Waals surface area contributed by atoms with Crippen LogP contribution in [-0.4, -0.2) is 0 Å². The van der Waals surface area contributed by atoms with E-state index in [0.717, 1.165) is 17.8 Å². The Bertz CT molecular complexity index is 139. The molecule has 0 aromatic carbocycles. The van der Waals surface area contributed by atoms with Gasteiger partial charge in [-0.05, 0) is 24.2 Å². The van der Waals surface area contributed by atoms with Crippen LogP contribution in [0.2, 0.25) is 0 Å². The Labute approximate surface area is 104 Å². The van der Waals surface area contributed by atoms with Gasteiger partial charge in [0.05, 0.1) is 0 Å². The quantitative estimate of drug-likeness (QED) is 0.397. The van der Waals surface area contributed by atoms with Gasteiger partial charge in [0.1, 0.15) is 0 Å². The second-order valence-corrected chi connectivity index (χ2v) is 6.03. The van der Waals surface area contributed by atoms with Gasteiger partial charge in [0.25, 0.3) is 0 Å². The van der Waals surface area contributed by atoms with Crippen LogP contribution in [0.15, 0.2) is 0 Å². The molecule has 0 amide bonds. The van der Waals surface area contributed by atoms with Crippen molar-refractivity contribution in [3.05, 3.63) is 0 Å². The van der Waals surface area contributed by atoms with Crippen LogP contribution in [0, 0.1) is 17.8 Å². The van der Waals surface area contributed by atoms with E-state index in [4.69, 9.17) is 0 Å². The molecule has 0 bridgehead atoms. The van der Waals surface area contributed by atoms with E-state index < -0.39 is 0 Å². The molecule has 0 N–H and O–H groups in total. The third kappa shape index (κ3) is 9.24. The zero-order valence-corrected chi connectivity index (χ0v) is 12.4. The van der Waals surface area contributed by atoms with Crippen molar-refractivity contribution >= 4 is 0 Å². The van der Waals surface area contributed by atoms with E-state index in [1.165, 1.54) is 51.4 Å². The van der Waals surface area contributed by atoms with Gasteiger partial charge in [0.15, 0.2) is 0 Å². The molecule has 0 aromatic rings. The fourth-order valence-corrected chi connectivity index (χ4v) is 2.43. The molecule has 0 fully saturated rings. The van der Waals surface area contributed by atoms with E-state index in [2.05, 4.69) is 34.6 Å². The zero-order valence-electron chi connectivity index (χ0n) is 12.4. The molecular weight excluding hydrogens is 192 g/mol. The first-order valence-corrected chi connectivity index (χ1v) is 7.60. The Balaban J connectivity index is 3.46. The van der Waals surface area contributed by atoms with Gasteiger partial charge in [-0.25, -0.2) is 0 Å². The van der Waals surface area contributed by atoms with Gasteiger partial charge in [-0.3, -0.25) is 0 Å². The van der Waals surface area contributed by atoms with Crippen molar-refractivity contribution < 1.29 is 0 Å². The predicted octanol–water partition coefficient (Wildman–Crippen LogP) is 6.06. The summed E-state index contributed by atoms with van der Waals surface area (Å²) in [7, 11) is 0. The second kappa shape index (κ2) is 10.2. The van der Waals surface area contributed by atoms with Crippen LogP contribution in [0.3, 0.4) is 0 Å². The lowest BCUT2D eigenvalue weighted by Crippen LogP contribution is -2.05. The first kappa shape index (κ1) is 16.0. The molecule has 0 nitrogen and oxygen atoms in total. The third-order valence-electron chi connectivity index (χ3n) is 3.95. The van der Waals surface area contributed by atoms with Crippen molar-refractivity contribution in [2.75, 3.05) is 0 Å². The molecule has 0 heterocycles. The minimum atomic E-state index is 0.922. The summed E-state index contributed by atoms with van der Waals surface area (Å²) in [5.41, 5.74) is 0. The van der Waals surface area contributed by atoms with E-state index in [0.29, 0.717) is 0 Å². The van der Waals surface area contributed by atoms with Crippen molar-refractivity contribution in [1.29, 1.82) is 0 Å². The van der Waals surface area contributed by atoms with Crippen LogP contribution in [0.4, 0.5) is 0 Å². The van der Waals surface area contributed by atoms with Crippen LogP contribution >= 0.6 is 0 Å². The van der Waals surface area contributed by atoms with Gasteiger partial charge >= 0.3 is 0 Å². The highest BCUT2D eigenvalue weighted by atomic mass is 14.2. The molecule has 3 atom stereocenters. The molecule has 0 rings (SSSR count). The molecule has 0 aromatic heterocycles. The molecule has 98 valence electrons. The Morgan fingerprint density at radius 2 is 1.31 bits per heavy atom. The molecular formula is C16H34. The summed E-state index contributed by atoms with van der Waals surface area (Å²) in [6, 6.07) is 0. The van der Waals surface area contributed by atoms with E-state index >= 15 is 0 Å². The van der Waals surface area contributed by atoms with Gasteiger partial charge in [0, 0.05) is 0 Å². The highest BCUT2D eigenvalue weighted by molar-refractivity contribution is 4.61. The monoisotopic (exact) mass is 226 g/mol. The van der Waals surface area contributed by atoms with E-state index in [9.17, 15) is 0 Å². The first-order valence-electron chi connectivity index (χ1n) is 7.60. The Kier molecular flexibility index (Phi) is 10.2. The maximum absolute atomic E-state index is 2.44. The van der Waals surface area contributed by atoms with Crippen molar-refractivity contribution in [2.24, 2.45) is 17.8 Å². The van der Waals surface area contributed by atoms with Crippen molar-refractivity contribution in [2.45, 2.75) is 86.0 Å². The largest absolute Gasteiger partial charge is 0.0654 e. The average Bonchev–Trinajstić information content (AvgIpc) is 2.26. The second-order valence-electron chi connectivity index (χ2n) is 6.03. The predicted molar refractivity (Wildman–Crippen MR) is 75.8 cm³/mol. The lowest BCUT2D eigenvalue weighted by molar-refractivity contribution is 0.345. The number of hydrogen-bond acceptors (Lipinski definition) is 0. The fraction of sp³-hybridized carbons (Fsp3) is 1.00. The van der Waals surface area contributed by atoms with Gasteiger partial charge in [-0.15, -0.1) is 0 Å². The van der Waals surface area contributed by atoms with Gasteiger partial charge in [-0.2, -0.15) is 0 Å². The van der Waals surface area contributed by atoms with Crippen molar-refractivity contribution in [1.82, 2.24) is 0 Å². The van der Waals surface area contributed by atoms with E-state index in [-0.39, 0.29) is 0 Å². The van der Waals surface area contributed by atoms with Crippen LogP contribution < -0.4 is 0 Å². The highest BCUT2D eigenvalue weighted by Gasteiger charge is 2.09.